The highest BCUT2D eigenvalue weighted by Crippen LogP contribution is 2.53. The molecule has 13 nitrogen and oxygen atoms in total. The fourth-order valence-corrected chi connectivity index (χ4v) is 15.4. The van der Waals surface area contributed by atoms with Gasteiger partial charge in [-0.15, -0.1) is 0 Å². The third-order valence-electron chi connectivity index (χ3n) is 16.1. The van der Waals surface area contributed by atoms with E-state index in [-0.39, 0.29) is 71.0 Å². The van der Waals surface area contributed by atoms with Gasteiger partial charge in [0.15, 0.2) is 10.1 Å². The molecule has 6 aliphatic rings. The summed E-state index contributed by atoms with van der Waals surface area (Å²) in [6.45, 7) is 3.62. The maximum Gasteiger partial charge on any atom is 0.282 e. The van der Waals surface area contributed by atoms with E-state index in [1.54, 1.807) is 47.8 Å². The minimum Gasteiger partial charge on any atom is -0.378 e. The minimum absolute atomic E-state index is 0.000484. The van der Waals surface area contributed by atoms with Crippen LogP contribution in [0.5, 0.6) is 0 Å². The lowest BCUT2D eigenvalue weighted by Gasteiger charge is -2.43. The van der Waals surface area contributed by atoms with E-state index >= 15 is 8.78 Å². The zero-order valence-electron chi connectivity index (χ0n) is 41.2. The van der Waals surface area contributed by atoms with E-state index in [2.05, 4.69) is 20.3 Å². The van der Waals surface area contributed by atoms with Crippen molar-refractivity contribution in [3.05, 3.63) is 150 Å². The Kier molecular flexibility index (Phi) is 14.5. The van der Waals surface area contributed by atoms with Gasteiger partial charge in [-0.25, -0.2) is 40.6 Å². The van der Waals surface area contributed by atoms with Gasteiger partial charge in [0.1, 0.15) is 17.2 Å². The molecule has 4 aliphatic heterocycles. The summed E-state index contributed by atoms with van der Waals surface area (Å²) in [5, 5.41) is 3.61. The Morgan fingerprint density at radius 1 is 0.811 bits per heavy atom. The van der Waals surface area contributed by atoms with Gasteiger partial charge in [-0.05, 0) is 115 Å². The Bertz CT molecular complexity index is 3330. The number of fused-ring (bicyclic) bond motifs is 4. The van der Waals surface area contributed by atoms with Gasteiger partial charge in [-0.2, -0.15) is 8.61 Å². The third-order valence-corrected chi connectivity index (χ3v) is 20.4. The Balaban J connectivity index is 0.936. The van der Waals surface area contributed by atoms with Gasteiger partial charge >= 0.3 is 0 Å². The number of sulfonamides is 2. The predicted octanol–water partition coefficient (Wildman–Crippen LogP) is 9.64. The molecule has 10 rings (SSSR count). The summed E-state index contributed by atoms with van der Waals surface area (Å²) in [7, 11) is -6.02. The number of benzene rings is 4. The highest BCUT2D eigenvalue weighted by atomic mass is 35.5. The second-order valence-electron chi connectivity index (χ2n) is 20.3. The highest BCUT2D eigenvalue weighted by Gasteiger charge is 2.51. The lowest BCUT2D eigenvalue weighted by molar-refractivity contribution is 0.0944. The number of halogens is 4. The zero-order valence-corrected chi connectivity index (χ0v) is 44.3. The molecule has 388 valence electrons. The number of hydrogen-bond donors (Lipinski definition) is 1. The van der Waals surface area contributed by atoms with Crippen LogP contribution >= 0.6 is 23.2 Å². The molecule has 4 aromatic carbocycles. The van der Waals surface area contributed by atoms with Crippen LogP contribution in [0.25, 0.3) is 11.1 Å². The topological polar surface area (TPSA) is 161 Å². The van der Waals surface area contributed by atoms with Crippen LogP contribution in [0.2, 0.25) is 10.0 Å². The third kappa shape index (κ3) is 9.50. The van der Waals surface area contributed by atoms with Crippen LogP contribution in [-0.2, 0) is 43.7 Å². The second kappa shape index (κ2) is 20.6. The summed E-state index contributed by atoms with van der Waals surface area (Å²) >= 11 is 12.3. The molecule has 2 atom stereocenters. The number of carbonyl (C=O) groups excluding carboxylic acids is 2. The number of nitrogens with one attached hydrogen (secondary N) is 1. The van der Waals surface area contributed by atoms with Crippen molar-refractivity contribution in [3.63, 3.8) is 0 Å². The number of nitrogens with zero attached hydrogens (tertiary/aromatic N) is 6. The molecule has 74 heavy (non-hydrogen) atoms. The molecule has 19 heteroatoms. The van der Waals surface area contributed by atoms with Crippen molar-refractivity contribution in [2.75, 3.05) is 46.3 Å². The molecule has 2 aliphatic carbocycles. The number of carbonyl (C=O) groups is 2. The Hall–Kier alpha value is -5.43. The lowest BCUT2D eigenvalue weighted by Crippen LogP contribution is -2.48. The highest BCUT2D eigenvalue weighted by molar-refractivity contribution is 7.93. The smallest absolute Gasteiger partial charge is 0.282 e. The molecule has 4 aromatic rings. The molecular weight excluding hydrogens is 1030 g/mol. The summed E-state index contributed by atoms with van der Waals surface area (Å²) < 4.78 is 91.8. The Labute approximate surface area is 441 Å². The molecule has 2 spiro atoms. The maximum absolute atomic E-state index is 17.2. The van der Waals surface area contributed by atoms with Crippen molar-refractivity contribution in [2.45, 2.75) is 82.0 Å². The van der Waals surface area contributed by atoms with Crippen LogP contribution in [0.3, 0.4) is 0 Å². The van der Waals surface area contributed by atoms with Crippen LogP contribution < -0.4 is 5.32 Å². The Morgan fingerprint density at radius 3 is 2.28 bits per heavy atom. The van der Waals surface area contributed by atoms with Gasteiger partial charge in [0, 0.05) is 111 Å². The molecule has 0 aromatic heterocycles. The summed E-state index contributed by atoms with van der Waals surface area (Å²) in [5.41, 5.74) is 2.73. The van der Waals surface area contributed by atoms with Gasteiger partial charge in [0.2, 0.25) is 0 Å². The van der Waals surface area contributed by atoms with Crippen molar-refractivity contribution in [3.8, 4) is 11.1 Å². The van der Waals surface area contributed by atoms with Crippen molar-refractivity contribution in [1.29, 1.82) is 0 Å². The predicted molar refractivity (Wildman–Crippen MR) is 286 cm³/mol. The average molecular weight is 1090 g/mol. The number of rotatable bonds is 12. The molecule has 2 fully saturated rings. The van der Waals surface area contributed by atoms with Crippen molar-refractivity contribution in [2.24, 2.45) is 26.8 Å². The molecule has 0 bridgehead atoms. The molecule has 2 amide bonds. The van der Waals surface area contributed by atoms with Gasteiger partial charge in [0.05, 0.1) is 10.0 Å². The van der Waals surface area contributed by atoms with Gasteiger partial charge in [-0.3, -0.25) is 9.59 Å². The average Bonchev–Trinajstić information content (AvgIpc) is 4.01. The van der Waals surface area contributed by atoms with Crippen LogP contribution in [-0.4, -0.2) is 107 Å². The van der Waals surface area contributed by atoms with E-state index in [1.807, 2.05) is 50.4 Å². The van der Waals surface area contributed by atoms with Gasteiger partial charge < -0.3 is 10.2 Å². The van der Waals surface area contributed by atoms with E-state index in [0.717, 1.165) is 41.2 Å². The monoisotopic (exact) mass is 1080 g/mol. The first kappa shape index (κ1) is 52.0. The normalized spacial score (nSPS) is 22.0. The largest absolute Gasteiger partial charge is 0.378 e. The minimum atomic E-state index is -3.95. The number of piperidine rings is 2. The summed E-state index contributed by atoms with van der Waals surface area (Å²) in [6.07, 6.45) is 11.7. The fraction of sp³-hybridized carbons (Fsp3) is 0.400. The number of aliphatic imine (C=N–C) groups is 3. The fourth-order valence-electron chi connectivity index (χ4n) is 12.1. The molecule has 2 unspecified atom stereocenters. The van der Waals surface area contributed by atoms with E-state index in [9.17, 15) is 26.4 Å². The molecule has 4 heterocycles. The quantitative estimate of drug-likeness (QED) is 0.148. The van der Waals surface area contributed by atoms with Crippen molar-refractivity contribution >= 4 is 73.2 Å². The molecule has 0 radical (unpaired) electrons. The zero-order chi connectivity index (χ0) is 52.2. The van der Waals surface area contributed by atoms with Crippen LogP contribution in [0.15, 0.2) is 110 Å². The first-order valence-electron chi connectivity index (χ1n) is 25.2. The summed E-state index contributed by atoms with van der Waals surface area (Å²) in [6, 6.07) is 20.3. The molecular formula is C55H57Cl2F2N7O6S2. The second-order valence-corrected chi connectivity index (χ2v) is 24.8. The number of allylic oxidation sites excluding steroid dienone is 1. The number of amides is 2. The first-order valence-corrected chi connectivity index (χ1v) is 28.9. The van der Waals surface area contributed by atoms with Crippen molar-refractivity contribution < 1.29 is 35.2 Å². The number of hydrogen-bond acceptors (Lipinski definition) is 9. The van der Waals surface area contributed by atoms with E-state index in [4.69, 9.17) is 23.2 Å². The van der Waals surface area contributed by atoms with Crippen LogP contribution in [0, 0.1) is 23.5 Å². The maximum atomic E-state index is 17.2. The van der Waals surface area contributed by atoms with E-state index in [1.165, 1.54) is 20.7 Å². The van der Waals surface area contributed by atoms with E-state index < -0.39 is 54.0 Å². The molecule has 2 saturated heterocycles. The van der Waals surface area contributed by atoms with Crippen LogP contribution in [0.1, 0.15) is 101 Å². The van der Waals surface area contributed by atoms with Crippen LogP contribution in [0.4, 0.5) is 8.78 Å². The van der Waals surface area contributed by atoms with Gasteiger partial charge in [-0.1, -0.05) is 79.0 Å². The molecule has 1 N–H and O–H groups in total. The van der Waals surface area contributed by atoms with Crippen molar-refractivity contribution in [1.82, 2.24) is 18.8 Å². The van der Waals surface area contributed by atoms with E-state index in [0.29, 0.717) is 79.9 Å². The lowest BCUT2D eigenvalue weighted by atomic mass is 9.67. The first-order chi connectivity index (χ1) is 35.4. The Morgan fingerprint density at radius 2 is 1.54 bits per heavy atom. The molecule has 0 saturated carbocycles. The van der Waals surface area contributed by atoms with Gasteiger partial charge in [0.25, 0.3) is 31.9 Å². The summed E-state index contributed by atoms with van der Waals surface area (Å²) in [4.78, 5) is 42.6. The SMILES string of the molecule is CCCC1C=NC(S(=O)(=O)N2CCC3(CC2)C(=NC(=O)c2c(F)ccc(-c4ccc5c(c4)C4(CCN(S(=O)(=O)C6=CN(C)CCC=N6)CC4)C(CCNC(=O)c4ccc(Cl)c(Cl)c4)C5)c2F)Cc2ccccc23)=C1. The summed E-state index contributed by atoms with van der Waals surface area (Å²) in [5.74, 6) is -3.61. The standard InChI is InChI=1S/C55H57Cl2F2N7O6S2/c1-3-7-35-28-48(62-33-35)73(69,70)65-26-19-55(20-27-65)42-9-5-4-8-37(42)32-47(55)63-53(68)50-46(58)15-13-41(51(50)59)36-10-11-38-29-40(16-22-61-52(67)39-12-14-44(56)45(57)31-39)54(43(38)30-36)17-24-66(25-18-54)74(71,72)49-34-64(2)23-6-21-60-49/h4-5,8-15,21,28,30-31,33-35,40H,3,6-7,16-20,22-27,29,32H2,1-2H3,(H,61,67).